The zero-order valence-corrected chi connectivity index (χ0v) is 13.5. The van der Waals surface area contributed by atoms with E-state index in [1.54, 1.807) is 30.3 Å². The molecule has 2 N–H and O–H groups in total. The molecule has 0 fully saturated rings. The molecule has 0 aromatic heterocycles. The summed E-state index contributed by atoms with van der Waals surface area (Å²) in [6.45, 7) is 0.631. The highest BCUT2D eigenvalue weighted by Crippen LogP contribution is 2.26. The van der Waals surface area contributed by atoms with Gasteiger partial charge in [0.2, 0.25) is 0 Å². The maximum Gasteiger partial charge on any atom is 0.257 e. The van der Waals surface area contributed by atoms with E-state index in [1.807, 2.05) is 24.1 Å². The molecular weight excluding hydrogens is 323 g/mol. The number of hydrogen-bond donors (Lipinski definition) is 2. The van der Waals surface area contributed by atoms with Crippen molar-refractivity contribution in [3.05, 3.63) is 58.1 Å². The second-order valence-electron chi connectivity index (χ2n) is 4.75. The average molecular weight is 339 g/mol. The molecule has 0 saturated heterocycles. The highest BCUT2D eigenvalue weighted by atomic mass is 35.5. The predicted molar refractivity (Wildman–Crippen MR) is 91.2 cm³/mol. The quantitative estimate of drug-likeness (QED) is 0.874. The van der Waals surface area contributed by atoms with Crippen molar-refractivity contribution < 1.29 is 9.90 Å². The Kier molecular flexibility index (Phi) is 5.66. The summed E-state index contributed by atoms with van der Waals surface area (Å²) >= 11 is 11.9. The standard InChI is InChI=1S/C16H16Cl2N2O2/c1-20(9-10-21)12-7-5-11(6-8-12)19-16(22)13-3-2-4-14(17)15(13)18/h2-8,21H,9-10H2,1H3,(H,19,22). The number of carbonyl (C=O) groups excluding carboxylic acids is 1. The van der Waals surface area contributed by atoms with Crippen LogP contribution in [0.15, 0.2) is 42.5 Å². The Bertz CT molecular complexity index is 660. The van der Waals surface area contributed by atoms with Gasteiger partial charge >= 0.3 is 0 Å². The number of amides is 1. The van der Waals surface area contributed by atoms with Crippen LogP contribution in [0, 0.1) is 0 Å². The molecule has 2 rings (SSSR count). The number of likely N-dealkylation sites (N-methyl/N-ethyl adjacent to an activating group) is 1. The van der Waals surface area contributed by atoms with E-state index in [9.17, 15) is 4.79 Å². The number of nitrogens with zero attached hydrogens (tertiary/aromatic N) is 1. The number of carbonyl (C=O) groups is 1. The van der Waals surface area contributed by atoms with Crippen LogP contribution in [0.5, 0.6) is 0 Å². The molecule has 22 heavy (non-hydrogen) atoms. The van der Waals surface area contributed by atoms with Crippen LogP contribution in [0.1, 0.15) is 10.4 Å². The van der Waals surface area contributed by atoms with Crippen molar-refractivity contribution in [2.75, 3.05) is 30.4 Å². The van der Waals surface area contributed by atoms with Crippen LogP contribution in [0.2, 0.25) is 10.0 Å². The minimum absolute atomic E-state index is 0.0856. The lowest BCUT2D eigenvalue weighted by molar-refractivity contribution is 0.102. The number of halogens is 2. The first-order valence-corrected chi connectivity index (χ1v) is 7.46. The molecule has 0 radical (unpaired) electrons. The Morgan fingerprint density at radius 2 is 1.86 bits per heavy atom. The zero-order chi connectivity index (χ0) is 16.1. The number of anilines is 2. The fourth-order valence-corrected chi connectivity index (χ4v) is 2.34. The Hall–Kier alpha value is -1.75. The third-order valence-electron chi connectivity index (χ3n) is 3.20. The summed E-state index contributed by atoms with van der Waals surface area (Å²) in [4.78, 5) is 14.1. The fourth-order valence-electron chi connectivity index (χ4n) is 1.96. The highest BCUT2D eigenvalue weighted by molar-refractivity contribution is 6.44. The molecule has 4 nitrogen and oxygen atoms in total. The molecule has 2 aromatic rings. The lowest BCUT2D eigenvalue weighted by Crippen LogP contribution is -2.21. The Labute approximate surface area is 139 Å². The smallest absolute Gasteiger partial charge is 0.257 e. The average Bonchev–Trinajstić information content (AvgIpc) is 2.51. The Morgan fingerprint density at radius 3 is 2.50 bits per heavy atom. The number of nitrogens with one attached hydrogen (secondary N) is 1. The van der Waals surface area contributed by atoms with Gasteiger partial charge in [0, 0.05) is 25.0 Å². The van der Waals surface area contributed by atoms with Crippen molar-refractivity contribution in [3.63, 3.8) is 0 Å². The van der Waals surface area contributed by atoms with Crippen LogP contribution in [-0.4, -0.2) is 31.2 Å². The van der Waals surface area contributed by atoms with Crippen molar-refractivity contribution in [1.29, 1.82) is 0 Å². The third kappa shape index (κ3) is 3.91. The van der Waals surface area contributed by atoms with Crippen LogP contribution < -0.4 is 10.2 Å². The minimum Gasteiger partial charge on any atom is -0.395 e. The summed E-state index contributed by atoms with van der Waals surface area (Å²) in [5, 5.41) is 12.3. The van der Waals surface area contributed by atoms with Gasteiger partial charge in [0.05, 0.1) is 22.2 Å². The summed E-state index contributed by atoms with van der Waals surface area (Å²) in [5.74, 6) is -0.316. The number of benzene rings is 2. The van der Waals surface area contributed by atoms with E-state index >= 15 is 0 Å². The fraction of sp³-hybridized carbons (Fsp3) is 0.188. The lowest BCUT2D eigenvalue weighted by Gasteiger charge is -2.18. The highest BCUT2D eigenvalue weighted by Gasteiger charge is 2.12. The third-order valence-corrected chi connectivity index (χ3v) is 4.02. The van der Waals surface area contributed by atoms with Gasteiger partial charge in [0.15, 0.2) is 0 Å². The van der Waals surface area contributed by atoms with E-state index in [0.717, 1.165) is 5.69 Å². The summed E-state index contributed by atoms with van der Waals surface area (Å²) in [7, 11) is 1.88. The normalized spacial score (nSPS) is 10.4. The number of hydrogen-bond acceptors (Lipinski definition) is 3. The summed E-state index contributed by atoms with van der Waals surface area (Å²) < 4.78 is 0. The van der Waals surface area contributed by atoms with Crippen molar-refractivity contribution in [3.8, 4) is 0 Å². The molecule has 0 atom stereocenters. The van der Waals surface area contributed by atoms with Gasteiger partial charge < -0.3 is 15.3 Å². The molecule has 0 aliphatic carbocycles. The lowest BCUT2D eigenvalue weighted by atomic mass is 10.2. The van der Waals surface area contributed by atoms with E-state index in [0.29, 0.717) is 22.8 Å². The van der Waals surface area contributed by atoms with Crippen LogP contribution in [0.4, 0.5) is 11.4 Å². The van der Waals surface area contributed by atoms with Crippen molar-refractivity contribution in [2.24, 2.45) is 0 Å². The molecule has 0 heterocycles. The van der Waals surface area contributed by atoms with E-state index in [-0.39, 0.29) is 17.5 Å². The zero-order valence-electron chi connectivity index (χ0n) is 12.0. The van der Waals surface area contributed by atoms with Crippen molar-refractivity contribution in [2.45, 2.75) is 0 Å². The van der Waals surface area contributed by atoms with Gasteiger partial charge in [-0.1, -0.05) is 29.3 Å². The molecule has 0 bridgehead atoms. The van der Waals surface area contributed by atoms with Gasteiger partial charge in [-0.15, -0.1) is 0 Å². The maximum atomic E-state index is 12.2. The molecule has 0 unspecified atom stereocenters. The first-order chi connectivity index (χ1) is 10.5. The summed E-state index contributed by atoms with van der Waals surface area (Å²) in [6, 6.07) is 12.2. The number of aliphatic hydroxyl groups excluding tert-OH is 1. The molecule has 0 aliphatic rings. The Morgan fingerprint density at radius 1 is 1.18 bits per heavy atom. The molecule has 0 aliphatic heterocycles. The topological polar surface area (TPSA) is 52.6 Å². The summed E-state index contributed by atoms with van der Waals surface area (Å²) in [6.07, 6.45) is 0. The van der Waals surface area contributed by atoms with Gasteiger partial charge in [-0.05, 0) is 36.4 Å². The molecule has 1 amide bonds. The molecule has 2 aromatic carbocycles. The summed E-state index contributed by atoms with van der Waals surface area (Å²) in [5.41, 5.74) is 1.94. The first-order valence-electron chi connectivity index (χ1n) is 6.70. The molecular formula is C16H16Cl2N2O2. The molecule has 0 saturated carbocycles. The monoisotopic (exact) mass is 338 g/mol. The van der Waals surface area contributed by atoms with Crippen LogP contribution in [0.25, 0.3) is 0 Å². The second kappa shape index (κ2) is 7.49. The van der Waals surface area contributed by atoms with Gasteiger partial charge in [0.1, 0.15) is 0 Å². The van der Waals surface area contributed by atoms with E-state index < -0.39 is 0 Å². The van der Waals surface area contributed by atoms with Gasteiger partial charge in [-0.3, -0.25) is 4.79 Å². The van der Waals surface area contributed by atoms with Crippen LogP contribution in [0.3, 0.4) is 0 Å². The molecule has 6 heteroatoms. The number of aliphatic hydroxyl groups is 1. The molecule has 116 valence electrons. The maximum absolute atomic E-state index is 12.2. The predicted octanol–water partition coefficient (Wildman–Crippen LogP) is 3.67. The van der Waals surface area contributed by atoms with Gasteiger partial charge in [-0.25, -0.2) is 0 Å². The van der Waals surface area contributed by atoms with Crippen molar-refractivity contribution >= 4 is 40.5 Å². The van der Waals surface area contributed by atoms with E-state index in [2.05, 4.69) is 5.32 Å². The number of rotatable bonds is 5. The van der Waals surface area contributed by atoms with E-state index in [1.165, 1.54) is 0 Å². The van der Waals surface area contributed by atoms with Gasteiger partial charge in [0.25, 0.3) is 5.91 Å². The molecule has 0 spiro atoms. The van der Waals surface area contributed by atoms with Crippen molar-refractivity contribution in [1.82, 2.24) is 0 Å². The van der Waals surface area contributed by atoms with Crippen LogP contribution >= 0.6 is 23.2 Å². The largest absolute Gasteiger partial charge is 0.395 e. The first kappa shape index (κ1) is 16.6. The van der Waals surface area contributed by atoms with Gasteiger partial charge in [-0.2, -0.15) is 0 Å². The SMILES string of the molecule is CN(CCO)c1ccc(NC(=O)c2cccc(Cl)c2Cl)cc1. The van der Waals surface area contributed by atoms with Crippen LogP contribution in [-0.2, 0) is 0 Å². The minimum atomic E-state index is -0.316. The Balaban J connectivity index is 2.10. The second-order valence-corrected chi connectivity index (χ2v) is 5.53. The van der Waals surface area contributed by atoms with E-state index in [4.69, 9.17) is 28.3 Å².